The van der Waals surface area contributed by atoms with E-state index < -0.39 is 18.9 Å². The fourth-order valence-electron chi connectivity index (χ4n) is 1.28. The van der Waals surface area contributed by atoms with Gasteiger partial charge in [0.15, 0.2) is 11.9 Å². The number of carbonyl (C=O) groups excluding carboxylic acids is 1. The van der Waals surface area contributed by atoms with E-state index in [2.05, 4.69) is 0 Å². The maximum atomic E-state index is 12.1. The number of halogens is 3. The summed E-state index contributed by atoms with van der Waals surface area (Å²) in [6.07, 6.45) is -7.08. The highest BCUT2D eigenvalue weighted by molar-refractivity contribution is 5.98. The molecule has 0 fully saturated rings. The van der Waals surface area contributed by atoms with Gasteiger partial charge in [-0.05, 0) is 12.1 Å². The first-order valence-corrected chi connectivity index (χ1v) is 5.36. The topological polar surface area (TPSA) is 46.5 Å². The van der Waals surface area contributed by atoms with Gasteiger partial charge in [0, 0.05) is 6.42 Å². The van der Waals surface area contributed by atoms with Crippen LogP contribution in [0.2, 0.25) is 0 Å². The number of Topliss-reactive ketones (excluding diaryl/α,β-unsaturated/α-hetero) is 1. The fourth-order valence-corrected chi connectivity index (χ4v) is 1.28. The number of hydrogen-bond acceptors (Lipinski definition) is 3. The van der Waals surface area contributed by atoms with Gasteiger partial charge in [-0.25, -0.2) is 0 Å². The Bertz CT molecular complexity index is 415. The molecule has 0 aliphatic carbocycles. The number of para-hydroxylation sites is 1. The quantitative estimate of drug-likeness (QED) is 0.829. The lowest BCUT2D eigenvalue weighted by Crippen LogP contribution is -2.34. The largest absolute Gasteiger partial charge is 0.490 e. The Balaban J connectivity index is 2.76. The molecule has 0 radical (unpaired) electrons. The van der Waals surface area contributed by atoms with Crippen molar-refractivity contribution < 1.29 is 27.8 Å². The zero-order chi connectivity index (χ0) is 13.8. The molecule has 1 aromatic rings. The van der Waals surface area contributed by atoms with Gasteiger partial charge in [-0.1, -0.05) is 19.1 Å². The highest BCUT2D eigenvalue weighted by Crippen LogP contribution is 2.23. The molecule has 0 aliphatic heterocycles. The fraction of sp³-hybridized carbons (Fsp3) is 0.417. The van der Waals surface area contributed by atoms with Gasteiger partial charge in [0.2, 0.25) is 0 Å². The maximum absolute atomic E-state index is 12.1. The summed E-state index contributed by atoms with van der Waals surface area (Å²) in [6, 6.07) is 6.00. The maximum Gasteiger partial charge on any atom is 0.417 e. The van der Waals surface area contributed by atoms with Gasteiger partial charge in [0.05, 0.1) is 5.56 Å². The summed E-state index contributed by atoms with van der Waals surface area (Å²) in [6.45, 7) is 0.710. The molecule has 0 amide bonds. The van der Waals surface area contributed by atoms with Crippen LogP contribution in [0.1, 0.15) is 23.7 Å². The van der Waals surface area contributed by atoms with E-state index >= 15 is 0 Å². The summed E-state index contributed by atoms with van der Waals surface area (Å²) in [5.41, 5.74) is 0.217. The Morgan fingerprint density at radius 1 is 1.39 bits per heavy atom. The minimum absolute atomic E-state index is 0.0487. The molecular weight excluding hydrogens is 249 g/mol. The number of aliphatic hydroxyl groups excluding tert-OH is 1. The van der Waals surface area contributed by atoms with Crippen LogP contribution < -0.4 is 4.74 Å². The third-order valence-electron chi connectivity index (χ3n) is 2.28. The van der Waals surface area contributed by atoms with Crippen LogP contribution in [0.5, 0.6) is 5.75 Å². The third kappa shape index (κ3) is 3.73. The van der Waals surface area contributed by atoms with Crippen LogP contribution in [-0.4, -0.2) is 29.8 Å². The van der Waals surface area contributed by atoms with Crippen molar-refractivity contribution in [1.29, 1.82) is 0 Å². The van der Waals surface area contributed by atoms with Gasteiger partial charge in [-0.3, -0.25) is 4.79 Å². The molecule has 18 heavy (non-hydrogen) atoms. The van der Waals surface area contributed by atoms with Crippen molar-refractivity contribution in [3.8, 4) is 5.75 Å². The normalized spacial score (nSPS) is 13.2. The lowest BCUT2D eigenvalue weighted by Gasteiger charge is -2.16. The Hall–Kier alpha value is -1.56. The Morgan fingerprint density at radius 2 is 2.00 bits per heavy atom. The van der Waals surface area contributed by atoms with E-state index in [1.54, 1.807) is 19.1 Å². The van der Waals surface area contributed by atoms with Crippen molar-refractivity contribution in [2.24, 2.45) is 0 Å². The van der Waals surface area contributed by atoms with Crippen molar-refractivity contribution >= 4 is 5.78 Å². The highest BCUT2D eigenvalue weighted by atomic mass is 19.4. The molecule has 1 N–H and O–H groups in total. The van der Waals surface area contributed by atoms with Crippen molar-refractivity contribution in [2.75, 3.05) is 6.61 Å². The number of benzene rings is 1. The molecule has 0 saturated heterocycles. The molecule has 6 heteroatoms. The van der Waals surface area contributed by atoms with Gasteiger partial charge in [0.1, 0.15) is 12.4 Å². The predicted octanol–water partition coefficient (Wildman–Crippen LogP) is 2.58. The monoisotopic (exact) mass is 262 g/mol. The van der Waals surface area contributed by atoms with E-state index in [1.807, 2.05) is 0 Å². The minimum atomic E-state index is -4.73. The van der Waals surface area contributed by atoms with E-state index in [1.165, 1.54) is 12.1 Å². The Kier molecular flexibility index (Phi) is 4.72. The first-order chi connectivity index (χ1) is 8.36. The summed E-state index contributed by atoms with van der Waals surface area (Å²) in [5, 5.41) is 8.80. The van der Waals surface area contributed by atoms with E-state index in [4.69, 9.17) is 9.84 Å². The molecule has 0 spiro atoms. The summed E-state index contributed by atoms with van der Waals surface area (Å²) in [7, 11) is 0. The first-order valence-electron chi connectivity index (χ1n) is 5.36. The number of carbonyl (C=O) groups is 1. The van der Waals surface area contributed by atoms with Gasteiger partial charge in [-0.2, -0.15) is 13.2 Å². The summed E-state index contributed by atoms with van der Waals surface area (Å²) < 4.78 is 41.1. The molecule has 1 rings (SSSR count). The number of rotatable bonds is 5. The number of alkyl halides is 3. The SMILES string of the molecule is CCC(=O)c1ccccc1OCC(O)C(F)(F)F. The van der Waals surface area contributed by atoms with Crippen LogP contribution in [0.15, 0.2) is 24.3 Å². The molecule has 0 aromatic heterocycles. The average Bonchev–Trinajstić information content (AvgIpc) is 2.34. The molecule has 0 saturated carbocycles. The van der Waals surface area contributed by atoms with Gasteiger partial charge < -0.3 is 9.84 Å². The zero-order valence-electron chi connectivity index (χ0n) is 9.70. The molecule has 0 bridgehead atoms. The average molecular weight is 262 g/mol. The molecule has 1 unspecified atom stereocenters. The van der Waals surface area contributed by atoms with Crippen LogP contribution in [0.3, 0.4) is 0 Å². The Labute approximate surface area is 102 Å². The summed E-state index contributed by atoms with van der Waals surface area (Å²) in [5.74, 6) is -0.181. The minimum Gasteiger partial charge on any atom is -0.490 e. The molecule has 0 aliphatic rings. The molecule has 1 aromatic carbocycles. The first kappa shape index (κ1) is 14.5. The van der Waals surface area contributed by atoms with E-state index in [0.29, 0.717) is 0 Å². The van der Waals surface area contributed by atoms with Crippen molar-refractivity contribution in [2.45, 2.75) is 25.6 Å². The second-order valence-corrected chi connectivity index (χ2v) is 3.64. The second kappa shape index (κ2) is 5.86. The van der Waals surface area contributed by atoms with Crippen molar-refractivity contribution in [3.05, 3.63) is 29.8 Å². The van der Waals surface area contributed by atoms with Crippen LogP contribution in [-0.2, 0) is 0 Å². The van der Waals surface area contributed by atoms with Crippen LogP contribution >= 0.6 is 0 Å². The number of hydrogen-bond donors (Lipinski definition) is 1. The Morgan fingerprint density at radius 3 is 2.56 bits per heavy atom. The van der Waals surface area contributed by atoms with Crippen LogP contribution in [0.4, 0.5) is 13.2 Å². The number of aliphatic hydroxyl groups is 1. The predicted molar refractivity (Wildman–Crippen MR) is 58.6 cm³/mol. The molecule has 3 nitrogen and oxygen atoms in total. The molecule has 0 heterocycles. The second-order valence-electron chi connectivity index (χ2n) is 3.64. The van der Waals surface area contributed by atoms with Crippen LogP contribution in [0.25, 0.3) is 0 Å². The molecule has 1 atom stereocenters. The summed E-state index contributed by atoms with van der Waals surface area (Å²) >= 11 is 0. The number of ether oxygens (including phenoxy) is 1. The standard InChI is InChI=1S/C12H13F3O3/c1-2-9(16)8-5-3-4-6-10(8)18-7-11(17)12(13,14)15/h3-6,11,17H,2,7H2,1H3. The van der Waals surface area contributed by atoms with E-state index in [0.717, 1.165) is 0 Å². The summed E-state index contributed by atoms with van der Waals surface area (Å²) in [4.78, 5) is 11.5. The lowest BCUT2D eigenvalue weighted by atomic mass is 10.1. The lowest BCUT2D eigenvalue weighted by molar-refractivity contribution is -0.210. The third-order valence-corrected chi connectivity index (χ3v) is 2.28. The smallest absolute Gasteiger partial charge is 0.417 e. The highest BCUT2D eigenvalue weighted by Gasteiger charge is 2.38. The van der Waals surface area contributed by atoms with Crippen molar-refractivity contribution in [1.82, 2.24) is 0 Å². The van der Waals surface area contributed by atoms with Gasteiger partial charge >= 0.3 is 6.18 Å². The zero-order valence-corrected chi connectivity index (χ0v) is 9.70. The molecular formula is C12H13F3O3. The van der Waals surface area contributed by atoms with Crippen molar-refractivity contribution in [3.63, 3.8) is 0 Å². The van der Waals surface area contributed by atoms with E-state index in [-0.39, 0.29) is 23.5 Å². The number of ketones is 1. The van der Waals surface area contributed by atoms with Gasteiger partial charge in [0.25, 0.3) is 0 Å². The van der Waals surface area contributed by atoms with Crippen LogP contribution in [0, 0.1) is 0 Å². The molecule has 100 valence electrons. The van der Waals surface area contributed by atoms with Gasteiger partial charge in [-0.15, -0.1) is 0 Å². The van der Waals surface area contributed by atoms with E-state index in [9.17, 15) is 18.0 Å².